The van der Waals surface area contributed by atoms with E-state index in [1.165, 1.54) is 0 Å². The summed E-state index contributed by atoms with van der Waals surface area (Å²) in [6.45, 7) is 4.61. The molecule has 0 aliphatic carbocycles. The summed E-state index contributed by atoms with van der Waals surface area (Å²) in [6, 6.07) is 9.54. The highest BCUT2D eigenvalue weighted by atomic mass is 79.9. The van der Waals surface area contributed by atoms with E-state index in [9.17, 15) is 4.79 Å². The molecule has 1 N–H and O–H groups in total. The molecule has 1 heterocycles. The zero-order valence-electron chi connectivity index (χ0n) is 10.3. The van der Waals surface area contributed by atoms with Gasteiger partial charge >= 0.3 is 5.97 Å². The molecule has 0 saturated heterocycles. The van der Waals surface area contributed by atoms with E-state index in [1.54, 1.807) is 6.07 Å². The maximum absolute atomic E-state index is 11.1. The Hall–Kier alpha value is -1.55. The number of carbonyl (C=O) groups is 1. The van der Waals surface area contributed by atoms with Crippen molar-refractivity contribution in [1.29, 1.82) is 0 Å². The number of aromatic nitrogens is 1. The smallest absolute Gasteiger partial charge is 0.352 e. The fourth-order valence-corrected chi connectivity index (χ4v) is 2.46. The molecule has 1 aromatic heterocycles. The van der Waals surface area contributed by atoms with Gasteiger partial charge in [0.25, 0.3) is 0 Å². The van der Waals surface area contributed by atoms with Gasteiger partial charge in [-0.05, 0) is 43.7 Å². The van der Waals surface area contributed by atoms with Crippen molar-refractivity contribution in [2.24, 2.45) is 0 Å². The minimum Gasteiger partial charge on any atom is -0.477 e. The number of aryl methyl sites for hydroxylation is 1. The number of hydrogen-bond donors (Lipinski definition) is 1. The van der Waals surface area contributed by atoms with Crippen LogP contribution in [0.3, 0.4) is 0 Å². The minimum atomic E-state index is -0.893. The number of carboxylic acid groups (broad SMARTS) is 1. The molecule has 0 bridgehead atoms. The number of nitrogens with zero attached hydrogens (tertiary/aromatic N) is 1. The largest absolute Gasteiger partial charge is 0.477 e. The van der Waals surface area contributed by atoms with Crippen LogP contribution in [0.2, 0.25) is 0 Å². The summed E-state index contributed by atoms with van der Waals surface area (Å²) in [5.74, 6) is -0.893. The molecule has 0 radical (unpaired) electrons. The molecule has 0 saturated carbocycles. The van der Waals surface area contributed by atoms with Crippen LogP contribution in [-0.4, -0.2) is 15.6 Å². The van der Waals surface area contributed by atoms with Crippen LogP contribution in [0.15, 0.2) is 34.8 Å². The van der Waals surface area contributed by atoms with E-state index in [2.05, 4.69) is 15.9 Å². The predicted octanol–water partition coefficient (Wildman–Crippen LogP) is 3.94. The molecule has 2 rings (SSSR count). The van der Waals surface area contributed by atoms with E-state index in [4.69, 9.17) is 5.11 Å². The third kappa shape index (κ3) is 2.20. The van der Waals surface area contributed by atoms with Crippen molar-refractivity contribution in [1.82, 2.24) is 4.57 Å². The first kappa shape index (κ1) is 12.9. The summed E-state index contributed by atoms with van der Waals surface area (Å²) in [5.41, 5.74) is 3.45. The van der Waals surface area contributed by atoms with Gasteiger partial charge in [0, 0.05) is 22.3 Å². The zero-order valence-corrected chi connectivity index (χ0v) is 11.9. The van der Waals surface area contributed by atoms with Crippen LogP contribution in [0.25, 0.3) is 11.3 Å². The molecule has 1 aromatic carbocycles. The van der Waals surface area contributed by atoms with Crippen LogP contribution in [0, 0.1) is 6.92 Å². The number of carboxylic acids is 1. The highest BCUT2D eigenvalue weighted by molar-refractivity contribution is 9.10. The van der Waals surface area contributed by atoms with Crippen LogP contribution >= 0.6 is 15.9 Å². The van der Waals surface area contributed by atoms with E-state index in [-0.39, 0.29) is 0 Å². The Bertz CT molecular complexity index is 602. The monoisotopic (exact) mass is 307 g/mol. The Morgan fingerprint density at radius 2 is 2.06 bits per heavy atom. The van der Waals surface area contributed by atoms with E-state index >= 15 is 0 Å². The molecule has 94 valence electrons. The zero-order chi connectivity index (χ0) is 13.3. The summed E-state index contributed by atoms with van der Waals surface area (Å²) >= 11 is 3.45. The minimum absolute atomic E-state index is 0.326. The van der Waals surface area contributed by atoms with Crippen LogP contribution in [0.1, 0.15) is 23.0 Å². The summed E-state index contributed by atoms with van der Waals surface area (Å²) in [4.78, 5) is 11.1. The van der Waals surface area contributed by atoms with Gasteiger partial charge in [-0.25, -0.2) is 4.79 Å². The van der Waals surface area contributed by atoms with Gasteiger partial charge in [-0.2, -0.15) is 0 Å². The third-order valence-corrected chi connectivity index (χ3v) is 3.48. The molecule has 0 unspecified atom stereocenters. The van der Waals surface area contributed by atoms with Crippen molar-refractivity contribution < 1.29 is 9.90 Å². The van der Waals surface area contributed by atoms with E-state index in [0.717, 1.165) is 21.3 Å². The Balaban J connectivity index is 2.64. The van der Waals surface area contributed by atoms with Crippen LogP contribution < -0.4 is 0 Å². The van der Waals surface area contributed by atoms with Crippen molar-refractivity contribution in [2.45, 2.75) is 20.4 Å². The van der Waals surface area contributed by atoms with Crippen molar-refractivity contribution in [3.63, 3.8) is 0 Å². The van der Waals surface area contributed by atoms with E-state index < -0.39 is 5.97 Å². The first-order chi connectivity index (χ1) is 8.54. The lowest BCUT2D eigenvalue weighted by atomic mass is 10.1. The molecule has 0 atom stereocenters. The van der Waals surface area contributed by atoms with Gasteiger partial charge in [0.15, 0.2) is 0 Å². The Kier molecular flexibility index (Phi) is 3.57. The Morgan fingerprint density at radius 1 is 1.33 bits per heavy atom. The van der Waals surface area contributed by atoms with Crippen LogP contribution in [0.5, 0.6) is 0 Å². The average Bonchev–Trinajstić information content (AvgIpc) is 2.75. The second kappa shape index (κ2) is 4.98. The molecular weight excluding hydrogens is 294 g/mol. The fourth-order valence-electron chi connectivity index (χ4n) is 2.10. The maximum atomic E-state index is 11.1. The number of hydrogen-bond acceptors (Lipinski definition) is 1. The molecule has 2 aromatic rings. The lowest BCUT2D eigenvalue weighted by Gasteiger charge is -2.11. The first-order valence-electron chi connectivity index (χ1n) is 5.74. The summed E-state index contributed by atoms with van der Waals surface area (Å²) in [6.07, 6.45) is 0. The molecule has 0 amide bonds. The number of aromatic carboxylic acids is 1. The van der Waals surface area contributed by atoms with Gasteiger partial charge in [0.1, 0.15) is 5.69 Å². The standard InChI is InChI=1S/C14H14BrNO2/c1-3-16-12(6-7-13(16)14(17)18)11-8-10(15)5-4-9(11)2/h4-8H,3H2,1-2H3,(H,17,18). The molecule has 0 spiro atoms. The van der Waals surface area contributed by atoms with Gasteiger partial charge in [0.05, 0.1) is 0 Å². The lowest BCUT2D eigenvalue weighted by molar-refractivity contribution is 0.0685. The molecule has 18 heavy (non-hydrogen) atoms. The molecule has 4 heteroatoms. The van der Waals surface area contributed by atoms with Gasteiger partial charge in [0.2, 0.25) is 0 Å². The van der Waals surface area contributed by atoms with Gasteiger partial charge in [-0.3, -0.25) is 0 Å². The van der Waals surface area contributed by atoms with E-state index in [1.807, 2.05) is 42.7 Å². The average molecular weight is 308 g/mol. The number of rotatable bonds is 3. The molecule has 3 nitrogen and oxygen atoms in total. The Labute approximate surface area is 114 Å². The summed E-state index contributed by atoms with van der Waals surface area (Å²) in [7, 11) is 0. The van der Waals surface area contributed by atoms with Crippen molar-refractivity contribution in [2.75, 3.05) is 0 Å². The third-order valence-electron chi connectivity index (χ3n) is 2.99. The van der Waals surface area contributed by atoms with Crippen molar-refractivity contribution in [3.05, 3.63) is 46.1 Å². The second-order valence-electron chi connectivity index (χ2n) is 4.11. The van der Waals surface area contributed by atoms with Gasteiger partial charge in [-0.1, -0.05) is 22.0 Å². The molecule has 0 aliphatic rings. The second-order valence-corrected chi connectivity index (χ2v) is 5.03. The van der Waals surface area contributed by atoms with Gasteiger partial charge in [-0.15, -0.1) is 0 Å². The van der Waals surface area contributed by atoms with Crippen LogP contribution in [-0.2, 0) is 6.54 Å². The summed E-state index contributed by atoms with van der Waals surface area (Å²) in [5, 5.41) is 9.15. The molecular formula is C14H14BrNO2. The normalized spacial score (nSPS) is 10.6. The Morgan fingerprint density at radius 3 is 2.67 bits per heavy atom. The lowest BCUT2D eigenvalue weighted by Crippen LogP contribution is -2.08. The fraction of sp³-hybridized carbons (Fsp3) is 0.214. The quantitative estimate of drug-likeness (QED) is 0.933. The highest BCUT2D eigenvalue weighted by Crippen LogP contribution is 2.28. The van der Waals surface area contributed by atoms with Gasteiger partial charge < -0.3 is 9.67 Å². The molecule has 0 aliphatic heterocycles. The van der Waals surface area contributed by atoms with Crippen molar-refractivity contribution in [3.8, 4) is 11.3 Å². The summed E-state index contributed by atoms with van der Waals surface area (Å²) < 4.78 is 2.81. The van der Waals surface area contributed by atoms with Crippen LogP contribution in [0.4, 0.5) is 0 Å². The topological polar surface area (TPSA) is 42.2 Å². The first-order valence-corrected chi connectivity index (χ1v) is 6.53. The van der Waals surface area contributed by atoms with Crippen molar-refractivity contribution >= 4 is 21.9 Å². The highest BCUT2D eigenvalue weighted by Gasteiger charge is 2.15. The van der Waals surface area contributed by atoms with E-state index in [0.29, 0.717) is 12.2 Å². The number of benzene rings is 1. The number of halogens is 1. The predicted molar refractivity (Wildman–Crippen MR) is 74.9 cm³/mol. The maximum Gasteiger partial charge on any atom is 0.352 e. The molecule has 0 fully saturated rings. The SMILES string of the molecule is CCn1c(C(=O)O)ccc1-c1cc(Br)ccc1C.